The van der Waals surface area contributed by atoms with Gasteiger partial charge in [-0.1, -0.05) is 18.2 Å². The van der Waals surface area contributed by atoms with E-state index in [0.29, 0.717) is 11.3 Å². The summed E-state index contributed by atoms with van der Waals surface area (Å²) >= 11 is 0. The second-order valence-corrected chi connectivity index (χ2v) is 3.32. The monoisotopic (exact) mass is 216 g/mol. The molecule has 2 rings (SSSR count). The lowest BCUT2D eigenvalue weighted by Gasteiger charge is -2.14. The van der Waals surface area contributed by atoms with Crippen LogP contribution in [-0.2, 0) is 0 Å². The number of rotatable bonds is 3. The van der Waals surface area contributed by atoms with Crippen LogP contribution in [0, 0.1) is 0 Å². The Morgan fingerprint density at radius 3 is 2.69 bits per heavy atom. The van der Waals surface area contributed by atoms with Crippen LogP contribution < -0.4 is 4.74 Å². The molecule has 82 valence electrons. The van der Waals surface area contributed by atoms with E-state index < -0.39 is 6.10 Å². The minimum atomic E-state index is -0.744. The average molecular weight is 216 g/mol. The molecule has 0 aliphatic rings. The van der Waals surface area contributed by atoms with Gasteiger partial charge in [0.05, 0.1) is 13.3 Å². The minimum absolute atomic E-state index is 0.659. The first-order chi connectivity index (χ1) is 7.83. The van der Waals surface area contributed by atoms with Gasteiger partial charge in [0.2, 0.25) is 0 Å². The molecule has 1 unspecified atom stereocenters. The molecule has 0 aliphatic carbocycles. The molecule has 1 heterocycles. The van der Waals surface area contributed by atoms with Crippen LogP contribution in [0.1, 0.15) is 17.2 Å². The SMILES string of the molecule is COc1ccccc1C(O)c1ccnnc1. The fourth-order valence-electron chi connectivity index (χ4n) is 1.53. The summed E-state index contributed by atoms with van der Waals surface area (Å²) in [5, 5.41) is 17.6. The van der Waals surface area contributed by atoms with Crippen molar-refractivity contribution in [1.29, 1.82) is 0 Å². The van der Waals surface area contributed by atoms with Crippen LogP contribution in [0.3, 0.4) is 0 Å². The van der Waals surface area contributed by atoms with Crippen LogP contribution >= 0.6 is 0 Å². The maximum Gasteiger partial charge on any atom is 0.125 e. The van der Waals surface area contributed by atoms with Gasteiger partial charge in [0.15, 0.2) is 0 Å². The first-order valence-electron chi connectivity index (χ1n) is 4.90. The zero-order valence-electron chi connectivity index (χ0n) is 8.87. The molecule has 0 bridgehead atoms. The van der Waals surface area contributed by atoms with Gasteiger partial charge in [-0.2, -0.15) is 10.2 Å². The summed E-state index contributed by atoms with van der Waals surface area (Å²) in [5.41, 5.74) is 1.41. The van der Waals surface area contributed by atoms with Crippen molar-refractivity contribution in [2.75, 3.05) is 7.11 Å². The largest absolute Gasteiger partial charge is 0.496 e. The average Bonchev–Trinajstić information content (AvgIpc) is 2.39. The van der Waals surface area contributed by atoms with Crippen molar-refractivity contribution in [2.24, 2.45) is 0 Å². The maximum absolute atomic E-state index is 10.2. The number of aromatic nitrogens is 2. The number of para-hydroxylation sites is 1. The molecule has 2 aromatic rings. The minimum Gasteiger partial charge on any atom is -0.496 e. The molecule has 1 aromatic carbocycles. The molecule has 4 heteroatoms. The number of benzene rings is 1. The molecule has 0 spiro atoms. The van der Waals surface area contributed by atoms with E-state index in [1.807, 2.05) is 24.3 Å². The number of hydrogen-bond donors (Lipinski definition) is 1. The topological polar surface area (TPSA) is 55.2 Å². The summed E-state index contributed by atoms with van der Waals surface area (Å²) in [6.07, 6.45) is 2.34. The van der Waals surface area contributed by atoms with Gasteiger partial charge in [0, 0.05) is 17.3 Å². The fourth-order valence-corrected chi connectivity index (χ4v) is 1.53. The third kappa shape index (κ3) is 2.01. The molecule has 0 amide bonds. The van der Waals surface area contributed by atoms with Crippen LogP contribution in [0.4, 0.5) is 0 Å². The molecule has 16 heavy (non-hydrogen) atoms. The molecule has 4 nitrogen and oxygen atoms in total. The molecule has 0 saturated heterocycles. The van der Waals surface area contributed by atoms with Gasteiger partial charge < -0.3 is 9.84 Å². The number of methoxy groups -OCH3 is 1. The molecule has 0 saturated carbocycles. The number of ether oxygens (including phenoxy) is 1. The van der Waals surface area contributed by atoms with Gasteiger partial charge in [0.25, 0.3) is 0 Å². The highest BCUT2D eigenvalue weighted by Gasteiger charge is 2.14. The van der Waals surface area contributed by atoms with E-state index in [1.54, 1.807) is 19.4 Å². The Kier molecular flexibility index (Phi) is 3.12. The summed E-state index contributed by atoms with van der Waals surface area (Å²) in [7, 11) is 1.58. The lowest BCUT2D eigenvalue weighted by atomic mass is 10.0. The van der Waals surface area contributed by atoms with Crippen molar-refractivity contribution in [1.82, 2.24) is 10.2 Å². The van der Waals surface area contributed by atoms with E-state index in [2.05, 4.69) is 10.2 Å². The first kappa shape index (κ1) is 10.6. The zero-order chi connectivity index (χ0) is 11.4. The molecular weight excluding hydrogens is 204 g/mol. The predicted octanol–water partition coefficient (Wildman–Crippen LogP) is 1.57. The van der Waals surface area contributed by atoms with Crippen LogP contribution in [0.15, 0.2) is 42.7 Å². The molecule has 1 aromatic heterocycles. The van der Waals surface area contributed by atoms with Gasteiger partial charge in [-0.25, -0.2) is 0 Å². The number of aliphatic hydroxyl groups is 1. The van der Waals surface area contributed by atoms with Gasteiger partial charge in [-0.05, 0) is 12.1 Å². The van der Waals surface area contributed by atoms with Gasteiger partial charge in [0.1, 0.15) is 11.9 Å². The molecule has 0 fully saturated rings. The smallest absolute Gasteiger partial charge is 0.125 e. The summed E-state index contributed by atoms with van der Waals surface area (Å²) < 4.78 is 5.19. The predicted molar refractivity (Wildman–Crippen MR) is 59.1 cm³/mol. The van der Waals surface area contributed by atoms with Crippen molar-refractivity contribution in [3.05, 3.63) is 53.9 Å². The highest BCUT2D eigenvalue weighted by molar-refractivity contribution is 5.39. The van der Waals surface area contributed by atoms with Crippen molar-refractivity contribution >= 4 is 0 Å². The lowest BCUT2D eigenvalue weighted by molar-refractivity contribution is 0.214. The Labute approximate surface area is 93.5 Å². The number of nitrogens with zero attached hydrogens (tertiary/aromatic N) is 2. The van der Waals surface area contributed by atoms with Crippen molar-refractivity contribution in [3.8, 4) is 5.75 Å². The number of hydrogen-bond acceptors (Lipinski definition) is 4. The van der Waals surface area contributed by atoms with Crippen LogP contribution in [-0.4, -0.2) is 22.4 Å². The standard InChI is InChI=1S/C12H12N2O2/c1-16-11-5-3-2-4-10(11)12(15)9-6-7-13-14-8-9/h2-8,12,15H,1H3. The lowest BCUT2D eigenvalue weighted by Crippen LogP contribution is -2.02. The van der Waals surface area contributed by atoms with Gasteiger partial charge >= 0.3 is 0 Å². The van der Waals surface area contributed by atoms with E-state index in [9.17, 15) is 5.11 Å². The van der Waals surface area contributed by atoms with E-state index >= 15 is 0 Å². The third-order valence-electron chi connectivity index (χ3n) is 2.36. The fraction of sp³-hybridized carbons (Fsp3) is 0.167. The van der Waals surface area contributed by atoms with Crippen molar-refractivity contribution in [2.45, 2.75) is 6.10 Å². The molecule has 1 N–H and O–H groups in total. The van der Waals surface area contributed by atoms with Gasteiger partial charge in [-0.15, -0.1) is 0 Å². The molecule has 1 atom stereocenters. The summed E-state index contributed by atoms with van der Waals surface area (Å²) in [5.74, 6) is 0.659. The third-order valence-corrected chi connectivity index (χ3v) is 2.36. The Balaban J connectivity index is 2.37. The van der Waals surface area contributed by atoms with E-state index in [4.69, 9.17) is 4.74 Å². The van der Waals surface area contributed by atoms with Crippen LogP contribution in [0.25, 0.3) is 0 Å². The maximum atomic E-state index is 10.2. The second kappa shape index (κ2) is 4.72. The van der Waals surface area contributed by atoms with E-state index in [1.165, 1.54) is 6.20 Å². The van der Waals surface area contributed by atoms with E-state index in [0.717, 1.165) is 5.56 Å². The van der Waals surface area contributed by atoms with E-state index in [-0.39, 0.29) is 0 Å². The summed E-state index contributed by atoms with van der Waals surface area (Å²) in [6, 6.07) is 9.08. The quantitative estimate of drug-likeness (QED) is 0.846. The molecular formula is C12H12N2O2. The first-order valence-corrected chi connectivity index (χ1v) is 4.90. The Morgan fingerprint density at radius 2 is 2.00 bits per heavy atom. The number of aliphatic hydroxyl groups excluding tert-OH is 1. The Hall–Kier alpha value is -1.94. The zero-order valence-corrected chi connectivity index (χ0v) is 8.87. The van der Waals surface area contributed by atoms with Crippen LogP contribution in [0.2, 0.25) is 0 Å². The summed E-state index contributed by atoms with van der Waals surface area (Å²) in [6.45, 7) is 0. The second-order valence-electron chi connectivity index (χ2n) is 3.32. The van der Waals surface area contributed by atoms with Crippen molar-refractivity contribution < 1.29 is 9.84 Å². The highest BCUT2D eigenvalue weighted by Crippen LogP contribution is 2.28. The highest BCUT2D eigenvalue weighted by atomic mass is 16.5. The van der Waals surface area contributed by atoms with Crippen molar-refractivity contribution in [3.63, 3.8) is 0 Å². The summed E-state index contributed by atoms with van der Waals surface area (Å²) in [4.78, 5) is 0. The Bertz CT molecular complexity index is 460. The molecule has 0 aliphatic heterocycles. The Morgan fingerprint density at radius 1 is 1.19 bits per heavy atom. The van der Waals surface area contributed by atoms with Crippen LogP contribution in [0.5, 0.6) is 5.75 Å². The normalized spacial score (nSPS) is 12.1. The van der Waals surface area contributed by atoms with Gasteiger partial charge in [-0.3, -0.25) is 0 Å². The molecule has 0 radical (unpaired) electrons.